The van der Waals surface area contributed by atoms with Crippen molar-refractivity contribution in [3.8, 4) is 0 Å². The summed E-state index contributed by atoms with van der Waals surface area (Å²) in [4.78, 5) is 4.18. The van der Waals surface area contributed by atoms with Gasteiger partial charge in [0.1, 0.15) is 12.2 Å². The molecule has 2 aromatic rings. The fourth-order valence-corrected chi connectivity index (χ4v) is 1.79. The molecule has 16 heavy (non-hydrogen) atoms. The summed E-state index contributed by atoms with van der Waals surface area (Å²) in [6.45, 7) is 2.10. The van der Waals surface area contributed by atoms with E-state index in [0.717, 1.165) is 12.2 Å². The van der Waals surface area contributed by atoms with Gasteiger partial charge in [-0.25, -0.2) is 4.98 Å². The summed E-state index contributed by atoms with van der Waals surface area (Å²) in [7, 11) is 1.93. The first-order valence-corrected chi connectivity index (χ1v) is 5.37. The van der Waals surface area contributed by atoms with Gasteiger partial charge in [0, 0.05) is 0 Å². The molecule has 0 radical (unpaired) electrons. The molecule has 0 amide bonds. The van der Waals surface area contributed by atoms with Crippen LogP contribution < -0.4 is 5.32 Å². The third-order valence-corrected chi connectivity index (χ3v) is 2.63. The second-order valence-corrected chi connectivity index (χ2v) is 3.91. The lowest BCUT2D eigenvalue weighted by atomic mass is 10.0. The Balaban J connectivity index is 2.13. The predicted molar refractivity (Wildman–Crippen MR) is 63.1 cm³/mol. The zero-order chi connectivity index (χ0) is 11.4. The minimum Gasteiger partial charge on any atom is -0.310 e. The summed E-state index contributed by atoms with van der Waals surface area (Å²) < 4.78 is 0. The van der Waals surface area contributed by atoms with E-state index in [1.807, 2.05) is 7.05 Å². The SMILES string of the molecule is CNC(Cc1cccc(C)c1)c1ncn[nH]1. The highest BCUT2D eigenvalue weighted by atomic mass is 15.2. The van der Waals surface area contributed by atoms with Gasteiger partial charge in [-0.3, -0.25) is 5.10 Å². The molecule has 4 nitrogen and oxygen atoms in total. The van der Waals surface area contributed by atoms with Crippen molar-refractivity contribution in [3.63, 3.8) is 0 Å². The van der Waals surface area contributed by atoms with Gasteiger partial charge in [0.05, 0.1) is 6.04 Å². The van der Waals surface area contributed by atoms with Crippen LogP contribution in [-0.4, -0.2) is 22.2 Å². The number of H-pyrrole nitrogens is 1. The van der Waals surface area contributed by atoms with E-state index in [1.165, 1.54) is 17.5 Å². The van der Waals surface area contributed by atoms with E-state index in [0.29, 0.717) is 0 Å². The van der Waals surface area contributed by atoms with Gasteiger partial charge in [0.25, 0.3) is 0 Å². The molecule has 1 aromatic heterocycles. The van der Waals surface area contributed by atoms with Crippen LogP contribution in [-0.2, 0) is 6.42 Å². The number of likely N-dealkylation sites (N-methyl/N-ethyl adjacent to an activating group) is 1. The lowest BCUT2D eigenvalue weighted by Crippen LogP contribution is -2.20. The number of nitrogens with zero attached hydrogens (tertiary/aromatic N) is 2. The molecule has 1 unspecified atom stereocenters. The fraction of sp³-hybridized carbons (Fsp3) is 0.333. The summed E-state index contributed by atoms with van der Waals surface area (Å²) in [5.74, 6) is 0.879. The topological polar surface area (TPSA) is 53.6 Å². The van der Waals surface area contributed by atoms with Crippen LogP contribution in [0.25, 0.3) is 0 Å². The molecule has 0 spiro atoms. The Morgan fingerprint density at radius 2 is 2.31 bits per heavy atom. The van der Waals surface area contributed by atoms with Crippen LogP contribution in [0.3, 0.4) is 0 Å². The van der Waals surface area contributed by atoms with Crippen molar-refractivity contribution in [3.05, 3.63) is 47.5 Å². The lowest BCUT2D eigenvalue weighted by molar-refractivity contribution is 0.559. The van der Waals surface area contributed by atoms with Gasteiger partial charge >= 0.3 is 0 Å². The summed E-state index contributed by atoms with van der Waals surface area (Å²) in [6, 6.07) is 8.70. The second-order valence-electron chi connectivity index (χ2n) is 3.91. The van der Waals surface area contributed by atoms with Crippen LogP contribution >= 0.6 is 0 Å². The first kappa shape index (κ1) is 10.8. The molecule has 0 fully saturated rings. The molecule has 84 valence electrons. The van der Waals surface area contributed by atoms with Crippen LogP contribution in [0, 0.1) is 6.92 Å². The number of aromatic nitrogens is 3. The summed E-state index contributed by atoms with van der Waals surface area (Å²) in [5.41, 5.74) is 2.58. The largest absolute Gasteiger partial charge is 0.310 e. The van der Waals surface area contributed by atoms with Crippen LogP contribution in [0.1, 0.15) is 23.0 Å². The van der Waals surface area contributed by atoms with E-state index < -0.39 is 0 Å². The summed E-state index contributed by atoms with van der Waals surface area (Å²) in [6.07, 6.45) is 2.45. The minimum atomic E-state index is 0.185. The molecule has 1 atom stereocenters. The molecular weight excluding hydrogens is 200 g/mol. The van der Waals surface area contributed by atoms with Gasteiger partial charge in [-0.15, -0.1) is 0 Å². The standard InChI is InChI=1S/C12H16N4/c1-9-4-3-5-10(6-9)7-11(13-2)12-14-8-15-16-12/h3-6,8,11,13H,7H2,1-2H3,(H,14,15,16). The Labute approximate surface area is 95.1 Å². The monoisotopic (exact) mass is 216 g/mol. The zero-order valence-corrected chi connectivity index (χ0v) is 9.57. The normalized spacial score (nSPS) is 12.6. The molecule has 0 saturated carbocycles. The summed E-state index contributed by atoms with van der Waals surface area (Å²) >= 11 is 0. The maximum atomic E-state index is 4.18. The molecule has 1 aromatic carbocycles. The highest BCUT2D eigenvalue weighted by Gasteiger charge is 2.12. The third-order valence-electron chi connectivity index (χ3n) is 2.63. The average molecular weight is 216 g/mol. The number of rotatable bonds is 4. The molecule has 0 aliphatic carbocycles. The van der Waals surface area contributed by atoms with E-state index in [1.54, 1.807) is 0 Å². The Morgan fingerprint density at radius 3 is 2.94 bits per heavy atom. The fourth-order valence-electron chi connectivity index (χ4n) is 1.79. The molecule has 0 saturated heterocycles. The number of nitrogens with one attached hydrogen (secondary N) is 2. The van der Waals surface area contributed by atoms with Crippen molar-refractivity contribution in [2.45, 2.75) is 19.4 Å². The predicted octanol–water partition coefficient (Wildman–Crippen LogP) is 1.62. The Bertz CT molecular complexity index is 436. The first-order chi connectivity index (χ1) is 7.79. The van der Waals surface area contributed by atoms with Crippen molar-refractivity contribution >= 4 is 0 Å². The zero-order valence-electron chi connectivity index (χ0n) is 9.57. The minimum absolute atomic E-state index is 0.185. The Kier molecular flexibility index (Phi) is 3.31. The summed E-state index contributed by atoms with van der Waals surface area (Å²) in [5, 5.41) is 10.0. The lowest BCUT2D eigenvalue weighted by Gasteiger charge is -2.13. The Morgan fingerprint density at radius 1 is 1.44 bits per heavy atom. The maximum absolute atomic E-state index is 4.18. The Hall–Kier alpha value is -1.68. The quantitative estimate of drug-likeness (QED) is 0.816. The van der Waals surface area contributed by atoms with Crippen molar-refractivity contribution in [2.24, 2.45) is 0 Å². The van der Waals surface area contributed by atoms with E-state index in [9.17, 15) is 0 Å². The van der Waals surface area contributed by atoms with Crippen LogP contribution in [0.4, 0.5) is 0 Å². The molecule has 0 aliphatic rings. The smallest absolute Gasteiger partial charge is 0.141 e. The second kappa shape index (κ2) is 4.90. The average Bonchev–Trinajstić information content (AvgIpc) is 2.79. The van der Waals surface area contributed by atoms with Gasteiger partial charge in [0.2, 0.25) is 0 Å². The third kappa shape index (κ3) is 2.46. The van der Waals surface area contributed by atoms with E-state index in [-0.39, 0.29) is 6.04 Å². The van der Waals surface area contributed by atoms with Gasteiger partial charge in [-0.2, -0.15) is 5.10 Å². The van der Waals surface area contributed by atoms with Crippen molar-refractivity contribution in [1.82, 2.24) is 20.5 Å². The van der Waals surface area contributed by atoms with Gasteiger partial charge in [0.15, 0.2) is 0 Å². The van der Waals surface area contributed by atoms with Crippen LogP contribution in [0.5, 0.6) is 0 Å². The molecular formula is C12H16N4. The van der Waals surface area contributed by atoms with Crippen molar-refractivity contribution in [2.75, 3.05) is 7.05 Å². The maximum Gasteiger partial charge on any atom is 0.141 e. The number of hydrogen-bond donors (Lipinski definition) is 2. The number of aryl methyl sites for hydroxylation is 1. The molecule has 4 heteroatoms. The first-order valence-electron chi connectivity index (χ1n) is 5.37. The van der Waals surface area contributed by atoms with Crippen LogP contribution in [0.15, 0.2) is 30.6 Å². The van der Waals surface area contributed by atoms with Gasteiger partial charge < -0.3 is 5.32 Å². The molecule has 2 rings (SSSR count). The number of aromatic amines is 1. The van der Waals surface area contributed by atoms with Crippen molar-refractivity contribution in [1.29, 1.82) is 0 Å². The van der Waals surface area contributed by atoms with Crippen molar-refractivity contribution < 1.29 is 0 Å². The van der Waals surface area contributed by atoms with E-state index >= 15 is 0 Å². The van der Waals surface area contributed by atoms with E-state index in [2.05, 4.69) is 51.7 Å². The molecule has 2 N–H and O–H groups in total. The number of benzene rings is 1. The highest BCUT2D eigenvalue weighted by molar-refractivity contribution is 5.23. The molecule has 0 bridgehead atoms. The highest BCUT2D eigenvalue weighted by Crippen LogP contribution is 2.14. The molecule has 1 heterocycles. The molecule has 0 aliphatic heterocycles. The van der Waals surface area contributed by atoms with Gasteiger partial charge in [-0.05, 0) is 26.0 Å². The van der Waals surface area contributed by atoms with Crippen LogP contribution in [0.2, 0.25) is 0 Å². The number of hydrogen-bond acceptors (Lipinski definition) is 3. The van der Waals surface area contributed by atoms with E-state index in [4.69, 9.17) is 0 Å². The van der Waals surface area contributed by atoms with Gasteiger partial charge in [-0.1, -0.05) is 29.8 Å².